The number of halogens is 2. The minimum atomic E-state index is -0.741. The van der Waals surface area contributed by atoms with Crippen molar-refractivity contribution in [2.24, 2.45) is 0 Å². The minimum Gasteiger partial charge on any atom is -0.373 e. The van der Waals surface area contributed by atoms with Gasteiger partial charge in [-0.05, 0) is 39.8 Å². The van der Waals surface area contributed by atoms with Crippen LogP contribution in [0.1, 0.15) is 32.0 Å². The Balaban J connectivity index is 1.59. The van der Waals surface area contributed by atoms with Gasteiger partial charge in [0.25, 0.3) is 0 Å². The molecular weight excluding hydrogens is 487 g/mol. The number of amides is 4. The Morgan fingerprint density at radius 2 is 1.86 bits per heavy atom. The smallest absolute Gasteiger partial charge is 0.329 e. The molecule has 0 spiro atoms. The molecule has 0 saturated heterocycles. The molecule has 0 bridgehead atoms. The quantitative estimate of drug-likeness (QED) is 0.432. The number of rotatable bonds is 4. The summed E-state index contributed by atoms with van der Waals surface area (Å²) in [6.45, 7) is 8.06. The summed E-state index contributed by atoms with van der Waals surface area (Å²) in [5, 5.41) is 8.12. The van der Waals surface area contributed by atoms with Gasteiger partial charge < -0.3 is 15.2 Å². The number of hydrogen-bond donors (Lipinski definition) is 3. The summed E-state index contributed by atoms with van der Waals surface area (Å²) in [5.74, 6) is 0.242. The van der Waals surface area contributed by atoms with Crippen LogP contribution in [0.25, 0.3) is 0 Å². The number of hydrogen-bond acceptors (Lipinski definition) is 5. The van der Waals surface area contributed by atoms with E-state index in [-0.39, 0.29) is 34.5 Å². The molecule has 0 atom stereocenters. The van der Waals surface area contributed by atoms with Crippen LogP contribution in [0.2, 0.25) is 5.02 Å². The van der Waals surface area contributed by atoms with Gasteiger partial charge in [0.2, 0.25) is 0 Å². The van der Waals surface area contributed by atoms with Crippen molar-refractivity contribution >= 4 is 52.4 Å². The summed E-state index contributed by atoms with van der Waals surface area (Å²) in [7, 11) is 3.38. The van der Waals surface area contributed by atoms with Crippen molar-refractivity contribution in [2.75, 3.05) is 39.8 Å². The van der Waals surface area contributed by atoms with Crippen LogP contribution >= 0.6 is 11.6 Å². The van der Waals surface area contributed by atoms with Gasteiger partial charge in [-0.1, -0.05) is 11.6 Å². The van der Waals surface area contributed by atoms with Crippen molar-refractivity contribution in [1.82, 2.24) is 14.5 Å². The number of fused-ring (bicyclic) bond motifs is 1. The molecule has 36 heavy (non-hydrogen) atoms. The number of carbonyl (C=O) groups excluding carboxylic acids is 2. The lowest BCUT2D eigenvalue weighted by atomic mass is 10.1. The van der Waals surface area contributed by atoms with Crippen LogP contribution in [0.15, 0.2) is 30.7 Å². The summed E-state index contributed by atoms with van der Waals surface area (Å²) < 4.78 is 16.7. The summed E-state index contributed by atoms with van der Waals surface area (Å²) in [4.78, 5) is 37.3. The zero-order valence-electron chi connectivity index (χ0n) is 20.9. The monoisotopic (exact) mass is 514 g/mol. The molecule has 4 amide bonds. The second-order valence-electron chi connectivity index (χ2n) is 9.46. The molecule has 2 aromatic heterocycles. The van der Waals surface area contributed by atoms with Crippen LogP contribution in [0, 0.1) is 12.7 Å². The topological polar surface area (TPSA) is 107 Å². The van der Waals surface area contributed by atoms with E-state index in [4.69, 9.17) is 11.6 Å². The van der Waals surface area contributed by atoms with E-state index in [9.17, 15) is 14.0 Å². The number of carbonyl (C=O) groups is 2. The number of benzene rings is 1. The average molecular weight is 515 g/mol. The van der Waals surface area contributed by atoms with Gasteiger partial charge >= 0.3 is 12.1 Å². The molecule has 190 valence electrons. The Morgan fingerprint density at radius 1 is 1.14 bits per heavy atom. The molecule has 4 rings (SSSR count). The molecule has 3 aromatic rings. The van der Waals surface area contributed by atoms with Crippen LogP contribution in [0.4, 0.5) is 42.7 Å². The Hall–Kier alpha value is -3.86. The molecule has 3 N–H and O–H groups in total. The molecule has 0 fully saturated rings. The first kappa shape index (κ1) is 25.2. The van der Waals surface area contributed by atoms with E-state index in [1.165, 1.54) is 15.9 Å². The fourth-order valence-corrected chi connectivity index (χ4v) is 4.32. The van der Waals surface area contributed by atoms with E-state index < -0.39 is 11.8 Å². The average Bonchev–Trinajstić information content (AvgIpc) is 3.18. The first-order valence-electron chi connectivity index (χ1n) is 11.2. The van der Waals surface area contributed by atoms with Crippen LogP contribution in [0.3, 0.4) is 0 Å². The van der Waals surface area contributed by atoms with Gasteiger partial charge in [-0.3, -0.25) is 15.1 Å². The van der Waals surface area contributed by atoms with E-state index in [0.717, 1.165) is 17.3 Å². The second kappa shape index (κ2) is 9.30. The van der Waals surface area contributed by atoms with Gasteiger partial charge in [0, 0.05) is 37.5 Å². The zero-order chi connectivity index (χ0) is 26.4. The standard InChI is InChI=1S/C24H28ClFN8O2/c1-13-21(29-12-34(13)24(2,3)4)31-22(35)30-17-8-19(15(25)7-16(17)26)33-11-14-10-28-20(27-5)9-18(14)32(6)23(33)36/h7-10,12H,11H2,1-6H3,(H,27,28)(H2,30,31,35). The fraction of sp³-hybridized carbons (Fsp3) is 0.333. The number of nitrogens with zero attached hydrogens (tertiary/aromatic N) is 5. The normalized spacial score (nSPS) is 13.5. The number of anilines is 5. The molecule has 0 aliphatic carbocycles. The van der Waals surface area contributed by atoms with E-state index in [0.29, 0.717) is 17.3 Å². The third-order valence-corrected chi connectivity index (χ3v) is 6.26. The first-order valence-corrected chi connectivity index (χ1v) is 11.6. The van der Waals surface area contributed by atoms with Gasteiger partial charge in [-0.2, -0.15) is 0 Å². The highest BCUT2D eigenvalue weighted by molar-refractivity contribution is 6.34. The highest BCUT2D eigenvalue weighted by atomic mass is 35.5. The van der Waals surface area contributed by atoms with Crippen LogP contribution in [-0.2, 0) is 12.1 Å². The largest absolute Gasteiger partial charge is 0.373 e. The molecule has 0 unspecified atom stereocenters. The molecule has 3 heterocycles. The molecule has 1 aliphatic rings. The predicted octanol–water partition coefficient (Wildman–Crippen LogP) is 5.40. The number of urea groups is 2. The minimum absolute atomic E-state index is 0.0308. The molecule has 1 aliphatic heterocycles. The van der Waals surface area contributed by atoms with E-state index >= 15 is 0 Å². The highest BCUT2D eigenvalue weighted by Crippen LogP contribution is 2.37. The Bertz CT molecular complexity index is 1350. The summed E-state index contributed by atoms with van der Waals surface area (Å²) in [6, 6.07) is 3.14. The number of pyridine rings is 1. The lowest BCUT2D eigenvalue weighted by molar-refractivity contribution is 0.251. The Morgan fingerprint density at radius 3 is 2.50 bits per heavy atom. The maximum Gasteiger partial charge on any atom is 0.329 e. The van der Waals surface area contributed by atoms with E-state index in [2.05, 4.69) is 25.9 Å². The maximum atomic E-state index is 14.8. The van der Waals surface area contributed by atoms with Crippen molar-refractivity contribution in [2.45, 2.75) is 39.8 Å². The third kappa shape index (κ3) is 4.66. The van der Waals surface area contributed by atoms with Crippen LogP contribution in [0.5, 0.6) is 0 Å². The zero-order valence-corrected chi connectivity index (χ0v) is 21.7. The lowest BCUT2D eigenvalue weighted by Crippen LogP contribution is -2.45. The highest BCUT2D eigenvalue weighted by Gasteiger charge is 2.31. The summed E-state index contributed by atoms with van der Waals surface area (Å²) in [5.41, 5.74) is 2.14. The van der Waals surface area contributed by atoms with Crippen molar-refractivity contribution in [1.29, 1.82) is 0 Å². The first-order chi connectivity index (χ1) is 16.9. The molecule has 10 nitrogen and oxygen atoms in total. The van der Waals surface area contributed by atoms with Gasteiger partial charge in [-0.25, -0.2) is 23.9 Å². The number of aromatic nitrogens is 3. The number of imidazole rings is 1. The summed E-state index contributed by atoms with van der Waals surface area (Å²) >= 11 is 6.34. The van der Waals surface area contributed by atoms with Crippen molar-refractivity contribution in [3.63, 3.8) is 0 Å². The van der Waals surface area contributed by atoms with Gasteiger partial charge in [0.05, 0.1) is 40.7 Å². The Kier molecular flexibility index (Phi) is 6.52. The predicted molar refractivity (Wildman–Crippen MR) is 140 cm³/mol. The van der Waals surface area contributed by atoms with Crippen molar-refractivity contribution in [3.8, 4) is 0 Å². The van der Waals surface area contributed by atoms with Gasteiger partial charge in [-0.15, -0.1) is 0 Å². The maximum absolute atomic E-state index is 14.8. The van der Waals surface area contributed by atoms with Crippen LogP contribution < -0.4 is 25.8 Å². The molecule has 0 radical (unpaired) electrons. The summed E-state index contributed by atoms with van der Waals surface area (Å²) in [6.07, 6.45) is 3.30. The van der Waals surface area contributed by atoms with Crippen LogP contribution in [-0.4, -0.2) is 40.7 Å². The van der Waals surface area contributed by atoms with Crippen molar-refractivity contribution < 1.29 is 14.0 Å². The van der Waals surface area contributed by atoms with E-state index in [1.54, 1.807) is 32.7 Å². The molecule has 1 aromatic carbocycles. The fourth-order valence-electron chi connectivity index (χ4n) is 4.06. The second-order valence-corrected chi connectivity index (χ2v) is 9.87. The molecular formula is C24H28ClFN8O2. The molecule has 0 saturated carbocycles. The van der Waals surface area contributed by atoms with Gasteiger partial charge in [0.1, 0.15) is 11.6 Å². The van der Waals surface area contributed by atoms with E-state index in [1.807, 2.05) is 32.3 Å². The molecule has 12 heteroatoms. The SMILES string of the molecule is CNc1cc2c(cn1)CN(c1cc(NC(=O)Nc3ncn(C(C)(C)C)c3C)c(F)cc1Cl)C(=O)N2C. The van der Waals surface area contributed by atoms with Crippen molar-refractivity contribution in [3.05, 3.63) is 52.8 Å². The Labute approximate surface area is 213 Å². The lowest BCUT2D eigenvalue weighted by Gasteiger charge is -2.35. The van der Waals surface area contributed by atoms with Gasteiger partial charge in [0.15, 0.2) is 5.82 Å². The third-order valence-electron chi connectivity index (χ3n) is 5.96. The number of nitrogens with one attached hydrogen (secondary N) is 3.